The molecule has 0 saturated heterocycles. The molecule has 3 rings (SSSR count). The van der Waals surface area contributed by atoms with Crippen molar-refractivity contribution in [2.45, 2.75) is 12.8 Å². The Bertz CT molecular complexity index is 814. The van der Waals surface area contributed by atoms with Crippen LogP contribution in [0, 0.1) is 17.8 Å². The third-order valence-corrected chi connectivity index (χ3v) is 3.83. The molecule has 1 aliphatic carbocycles. The summed E-state index contributed by atoms with van der Waals surface area (Å²) in [6, 6.07) is 4.88. The van der Waals surface area contributed by atoms with E-state index < -0.39 is 0 Å². The first-order chi connectivity index (χ1) is 12.6. The smallest absolute Gasteiger partial charge is 0.320 e. The first-order valence-electron chi connectivity index (χ1n) is 8.50. The summed E-state index contributed by atoms with van der Waals surface area (Å²) in [5.74, 6) is 7.59. The summed E-state index contributed by atoms with van der Waals surface area (Å²) >= 11 is 0. The number of carbonyl (C=O) groups excluding carboxylic acids is 1. The van der Waals surface area contributed by atoms with Crippen LogP contribution < -0.4 is 16.4 Å². The second kappa shape index (κ2) is 8.36. The van der Waals surface area contributed by atoms with Crippen LogP contribution in [0.2, 0.25) is 0 Å². The number of rotatable bonds is 6. The Morgan fingerprint density at radius 3 is 3.00 bits per heavy atom. The quantitative estimate of drug-likeness (QED) is 0.536. The van der Waals surface area contributed by atoms with Crippen LogP contribution >= 0.6 is 0 Å². The Hall–Kier alpha value is -3.05. The standard InChI is InChI=1S/C18H22N6O2/c1-24-15(6-4-13-5-7-16(19)21-11-13)10-17(23-24)22-18(25)20-8-9-26-12-14-2-3-14/h5,7,10-11,14H,2-3,8-9,12H2,1H3,(H2,19,21)(H2,20,22,23,25). The molecule has 0 spiro atoms. The lowest BCUT2D eigenvalue weighted by atomic mass is 10.2. The number of pyridine rings is 1. The van der Waals surface area contributed by atoms with Crippen molar-refractivity contribution in [2.75, 3.05) is 30.8 Å². The van der Waals surface area contributed by atoms with Crippen LogP contribution in [0.1, 0.15) is 24.1 Å². The van der Waals surface area contributed by atoms with Gasteiger partial charge in [0.2, 0.25) is 0 Å². The van der Waals surface area contributed by atoms with Gasteiger partial charge in [-0.3, -0.25) is 10.00 Å². The number of aryl methyl sites for hydroxylation is 1. The molecular formula is C18H22N6O2. The van der Waals surface area contributed by atoms with Gasteiger partial charge in [0.15, 0.2) is 5.82 Å². The predicted octanol–water partition coefficient (Wildman–Crippen LogP) is 1.35. The highest BCUT2D eigenvalue weighted by Crippen LogP contribution is 2.28. The molecule has 1 aliphatic rings. The number of anilines is 2. The first-order valence-corrected chi connectivity index (χ1v) is 8.50. The molecular weight excluding hydrogens is 332 g/mol. The molecule has 0 unspecified atom stereocenters. The van der Waals surface area contributed by atoms with Crippen molar-refractivity contribution in [3.8, 4) is 11.8 Å². The van der Waals surface area contributed by atoms with E-state index in [0.717, 1.165) is 18.1 Å². The topological polar surface area (TPSA) is 107 Å². The highest BCUT2D eigenvalue weighted by Gasteiger charge is 2.20. The Kier molecular flexibility index (Phi) is 5.71. The third kappa shape index (κ3) is 5.50. The van der Waals surface area contributed by atoms with Gasteiger partial charge in [0, 0.05) is 38.0 Å². The van der Waals surface area contributed by atoms with Gasteiger partial charge < -0.3 is 15.8 Å². The number of nitrogens with two attached hydrogens (primary N) is 1. The van der Waals surface area contributed by atoms with Crippen LogP contribution in [0.4, 0.5) is 16.4 Å². The maximum absolute atomic E-state index is 11.9. The van der Waals surface area contributed by atoms with Gasteiger partial charge in [-0.05, 0) is 36.8 Å². The van der Waals surface area contributed by atoms with Crippen LogP contribution in [0.25, 0.3) is 0 Å². The molecule has 8 nitrogen and oxygen atoms in total. The number of aromatic nitrogens is 3. The molecule has 0 bridgehead atoms. The first kappa shape index (κ1) is 17.8. The SMILES string of the molecule is Cn1nc(NC(=O)NCCOCC2CC2)cc1C#Cc1ccc(N)nc1. The largest absolute Gasteiger partial charge is 0.384 e. The molecule has 8 heteroatoms. The normalized spacial score (nSPS) is 13.0. The fourth-order valence-electron chi connectivity index (χ4n) is 2.19. The van der Waals surface area contributed by atoms with Crippen molar-refractivity contribution in [3.63, 3.8) is 0 Å². The van der Waals surface area contributed by atoms with Gasteiger partial charge in [0.05, 0.1) is 6.61 Å². The second-order valence-electron chi connectivity index (χ2n) is 6.16. The molecule has 2 aromatic heterocycles. The van der Waals surface area contributed by atoms with Gasteiger partial charge in [-0.25, -0.2) is 9.78 Å². The van der Waals surface area contributed by atoms with E-state index in [1.165, 1.54) is 12.8 Å². The number of hydrogen-bond donors (Lipinski definition) is 3. The summed E-state index contributed by atoms with van der Waals surface area (Å²) in [6.07, 6.45) is 4.12. The maximum atomic E-state index is 11.9. The highest BCUT2D eigenvalue weighted by atomic mass is 16.5. The average molecular weight is 354 g/mol. The van der Waals surface area contributed by atoms with E-state index in [-0.39, 0.29) is 6.03 Å². The number of amides is 2. The van der Waals surface area contributed by atoms with Crippen molar-refractivity contribution in [1.29, 1.82) is 0 Å². The summed E-state index contributed by atoms with van der Waals surface area (Å²) in [5.41, 5.74) is 6.97. The number of urea groups is 1. The van der Waals surface area contributed by atoms with Gasteiger partial charge in [-0.1, -0.05) is 5.92 Å². The average Bonchev–Trinajstić information content (AvgIpc) is 3.37. The Morgan fingerprint density at radius 1 is 1.42 bits per heavy atom. The van der Waals surface area contributed by atoms with Crippen molar-refractivity contribution >= 4 is 17.7 Å². The molecule has 0 aromatic carbocycles. The minimum atomic E-state index is -0.319. The van der Waals surface area contributed by atoms with E-state index >= 15 is 0 Å². The Balaban J connectivity index is 1.47. The van der Waals surface area contributed by atoms with Crippen LogP contribution in [0.5, 0.6) is 0 Å². The monoisotopic (exact) mass is 354 g/mol. The van der Waals surface area contributed by atoms with Crippen LogP contribution in [0.3, 0.4) is 0 Å². The summed E-state index contributed by atoms with van der Waals surface area (Å²) in [6.45, 7) is 1.76. The fourth-order valence-corrected chi connectivity index (χ4v) is 2.19. The van der Waals surface area contributed by atoms with Crippen molar-refractivity contribution < 1.29 is 9.53 Å². The zero-order valence-corrected chi connectivity index (χ0v) is 14.7. The van der Waals surface area contributed by atoms with Crippen LogP contribution in [-0.4, -0.2) is 40.6 Å². The minimum Gasteiger partial charge on any atom is -0.384 e. The van der Waals surface area contributed by atoms with Gasteiger partial charge in [-0.15, -0.1) is 0 Å². The highest BCUT2D eigenvalue weighted by molar-refractivity contribution is 5.88. The van der Waals surface area contributed by atoms with E-state index in [4.69, 9.17) is 10.5 Å². The number of carbonyl (C=O) groups is 1. The van der Waals surface area contributed by atoms with Gasteiger partial charge >= 0.3 is 6.03 Å². The zero-order chi connectivity index (χ0) is 18.4. The number of nitrogens with one attached hydrogen (secondary N) is 2. The Morgan fingerprint density at radius 2 is 2.27 bits per heavy atom. The summed E-state index contributed by atoms with van der Waals surface area (Å²) < 4.78 is 7.07. The van der Waals surface area contributed by atoms with Crippen LogP contribution in [-0.2, 0) is 11.8 Å². The van der Waals surface area contributed by atoms with Crippen molar-refractivity contribution in [1.82, 2.24) is 20.1 Å². The third-order valence-electron chi connectivity index (χ3n) is 3.83. The van der Waals surface area contributed by atoms with Gasteiger partial charge in [-0.2, -0.15) is 5.10 Å². The molecule has 0 aliphatic heterocycles. The molecule has 2 aromatic rings. The number of nitrogen functional groups attached to an aromatic ring is 1. The van der Waals surface area contributed by atoms with Gasteiger partial charge in [0.25, 0.3) is 0 Å². The molecule has 2 heterocycles. The van der Waals surface area contributed by atoms with Crippen molar-refractivity contribution in [3.05, 3.63) is 35.7 Å². The van der Waals surface area contributed by atoms with Crippen molar-refractivity contribution in [2.24, 2.45) is 13.0 Å². The fraction of sp³-hybridized carbons (Fsp3) is 0.389. The molecule has 1 fully saturated rings. The Labute approximate surface area is 152 Å². The minimum absolute atomic E-state index is 0.319. The van der Waals surface area contributed by atoms with E-state index in [2.05, 4.69) is 32.6 Å². The van der Waals surface area contributed by atoms with E-state index in [9.17, 15) is 4.79 Å². The van der Waals surface area contributed by atoms with E-state index in [1.54, 1.807) is 36.1 Å². The number of nitrogens with zero attached hydrogens (tertiary/aromatic N) is 3. The summed E-state index contributed by atoms with van der Waals surface area (Å²) in [4.78, 5) is 15.9. The molecule has 0 radical (unpaired) electrons. The number of hydrogen-bond acceptors (Lipinski definition) is 5. The lowest BCUT2D eigenvalue weighted by Crippen LogP contribution is -2.31. The molecule has 4 N–H and O–H groups in total. The molecule has 0 atom stereocenters. The zero-order valence-electron chi connectivity index (χ0n) is 14.7. The second-order valence-corrected chi connectivity index (χ2v) is 6.16. The molecule has 26 heavy (non-hydrogen) atoms. The van der Waals surface area contributed by atoms with Crippen LogP contribution in [0.15, 0.2) is 24.4 Å². The summed E-state index contributed by atoms with van der Waals surface area (Å²) in [7, 11) is 1.76. The van der Waals surface area contributed by atoms with Gasteiger partial charge in [0.1, 0.15) is 11.5 Å². The molecule has 2 amide bonds. The molecule has 1 saturated carbocycles. The summed E-state index contributed by atoms with van der Waals surface area (Å²) in [5, 5.41) is 9.65. The molecule has 136 valence electrons. The maximum Gasteiger partial charge on any atom is 0.320 e. The number of ether oxygens (including phenoxy) is 1. The lowest BCUT2D eigenvalue weighted by molar-refractivity contribution is 0.127. The predicted molar refractivity (Wildman–Crippen MR) is 98.4 cm³/mol. The van der Waals surface area contributed by atoms with E-state index in [0.29, 0.717) is 30.5 Å². The lowest BCUT2D eigenvalue weighted by Gasteiger charge is -2.06. The van der Waals surface area contributed by atoms with E-state index in [1.807, 2.05) is 0 Å².